The van der Waals surface area contributed by atoms with Gasteiger partial charge < -0.3 is 14.5 Å². The number of amides is 1. The Labute approximate surface area is 142 Å². The van der Waals surface area contributed by atoms with Crippen LogP contribution < -0.4 is 5.32 Å². The SMILES string of the molecule is COC(=O)c1cccc(-c2ccc(CC3SC(=S)NC3=O)o2)c1. The summed E-state index contributed by atoms with van der Waals surface area (Å²) in [5, 5.41) is 2.35. The van der Waals surface area contributed by atoms with Gasteiger partial charge in [-0.1, -0.05) is 36.1 Å². The monoisotopic (exact) mass is 347 g/mol. The Hall–Kier alpha value is -2.12. The van der Waals surface area contributed by atoms with Crippen LogP contribution in [0.5, 0.6) is 0 Å². The molecule has 1 aliphatic heterocycles. The van der Waals surface area contributed by atoms with Gasteiger partial charge >= 0.3 is 5.97 Å². The number of thiocarbonyl (C=S) groups is 1. The standard InChI is InChI=1S/C16H13NO4S2/c1-20-15(19)10-4-2-3-9(7-10)12-6-5-11(21-12)8-13-14(18)17-16(22)23-13/h2-7,13H,8H2,1H3,(H,17,18,22). The van der Waals surface area contributed by atoms with E-state index in [0.717, 1.165) is 5.56 Å². The van der Waals surface area contributed by atoms with Crippen LogP contribution in [0.2, 0.25) is 0 Å². The van der Waals surface area contributed by atoms with Crippen LogP contribution in [0, 0.1) is 0 Å². The minimum absolute atomic E-state index is 0.0920. The molecule has 2 aromatic rings. The molecule has 1 saturated heterocycles. The third-order valence-corrected chi connectivity index (χ3v) is 4.76. The molecule has 0 radical (unpaired) electrons. The fraction of sp³-hybridized carbons (Fsp3) is 0.188. The summed E-state index contributed by atoms with van der Waals surface area (Å²) in [6, 6.07) is 10.7. The first kappa shape index (κ1) is 15.8. The van der Waals surface area contributed by atoms with Gasteiger partial charge in [-0.2, -0.15) is 0 Å². The highest BCUT2D eigenvalue weighted by Crippen LogP contribution is 2.27. The largest absolute Gasteiger partial charge is 0.465 e. The van der Waals surface area contributed by atoms with Gasteiger partial charge in [-0.05, 0) is 24.3 Å². The molecular formula is C16H13NO4S2. The normalized spacial score (nSPS) is 17.2. The molecule has 118 valence electrons. The van der Waals surface area contributed by atoms with Crippen molar-refractivity contribution in [1.82, 2.24) is 5.32 Å². The highest BCUT2D eigenvalue weighted by atomic mass is 32.2. The summed E-state index contributed by atoms with van der Waals surface area (Å²) in [6.45, 7) is 0. The van der Waals surface area contributed by atoms with E-state index < -0.39 is 5.97 Å². The molecule has 5 nitrogen and oxygen atoms in total. The molecule has 1 aromatic carbocycles. The average Bonchev–Trinajstić information content (AvgIpc) is 3.14. The topological polar surface area (TPSA) is 68.5 Å². The predicted molar refractivity (Wildman–Crippen MR) is 91.3 cm³/mol. The Morgan fingerprint density at radius 2 is 2.22 bits per heavy atom. The molecule has 1 N–H and O–H groups in total. The number of rotatable bonds is 4. The highest BCUT2D eigenvalue weighted by molar-refractivity contribution is 8.24. The zero-order valence-electron chi connectivity index (χ0n) is 12.2. The van der Waals surface area contributed by atoms with E-state index in [-0.39, 0.29) is 11.2 Å². The molecule has 0 spiro atoms. The van der Waals surface area contributed by atoms with Crippen LogP contribution in [-0.4, -0.2) is 28.6 Å². The number of hydrogen-bond acceptors (Lipinski definition) is 6. The van der Waals surface area contributed by atoms with Crippen LogP contribution in [0.1, 0.15) is 16.1 Å². The molecule has 2 heterocycles. The Bertz CT molecular complexity index is 784. The van der Waals surface area contributed by atoms with E-state index in [2.05, 4.69) is 5.32 Å². The van der Waals surface area contributed by atoms with Gasteiger partial charge in [-0.25, -0.2) is 4.79 Å². The van der Waals surface area contributed by atoms with Gasteiger partial charge in [0.05, 0.1) is 17.9 Å². The van der Waals surface area contributed by atoms with Crippen molar-refractivity contribution < 1.29 is 18.7 Å². The Kier molecular flexibility index (Phi) is 4.49. The fourth-order valence-corrected chi connectivity index (χ4v) is 3.55. The van der Waals surface area contributed by atoms with E-state index in [1.54, 1.807) is 18.2 Å². The molecule has 1 atom stereocenters. The van der Waals surface area contributed by atoms with E-state index in [1.807, 2.05) is 18.2 Å². The van der Waals surface area contributed by atoms with Crippen molar-refractivity contribution in [2.24, 2.45) is 0 Å². The molecule has 1 aliphatic rings. The Balaban J connectivity index is 1.78. The molecule has 1 amide bonds. The van der Waals surface area contributed by atoms with Crippen LogP contribution in [0.4, 0.5) is 0 Å². The van der Waals surface area contributed by atoms with Crippen LogP contribution in [0.25, 0.3) is 11.3 Å². The summed E-state index contributed by atoms with van der Waals surface area (Å²) in [6.07, 6.45) is 0.466. The molecule has 1 aromatic heterocycles. The summed E-state index contributed by atoms with van der Waals surface area (Å²) >= 11 is 6.31. The third kappa shape index (κ3) is 3.46. The van der Waals surface area contributed by atoms with E-state index in [4.69, 9.17) is 21.4 Å². The molecule has 7 heteroatoms. The summed E-state index contributed by atoms with van der Waals surface area (Å²) in [4.78, 5) is 23.3. The number of nitrogens with one attached hydrogen (secondary N) is 1. The molecular weight excluding hydrogens is 334 g/mol. The van der Waals surface area contributed by atoms with Gasteiger partial charge in [0, 0.05) is 12.0 Å². The molecule has 3 rings (SSSR count). The molecule has 23 heavy (non-hydrogen) atoms. The first-order chi connectivity index (χ1) is 11.1. The Morgan fingerprint density at radius 1 is 1.39 bits per heavy atom. The maximum Gasteiger partial charge on any atom is 0.337 e. The number of esters is 1. The zero-order valence-corrected chi connectivity index (χ0v) is 13.8. The van der Waals surface area contributed by atoms with E-state index in [1.165, 1.54) is 18.9 Å². The fourth-order valence-electron chi connectivity index (χ4n) is 2.27. The first-order valence-electron chi connectivity index (χ1n) is 6.86. The number of carbonyl (C=O) groups excluding carboxylic acids is 2. The van der Waals surface area contributed by atoms with Gasteiger partial charge in [-0.3, -0.25) is 4.79 Å². The lowest BCUT2D eigenvalue weighted by Gasteiger charge is -2.03. The quantitative estimate of drug-likeness (QED) is 0.677. The summed E-state index contributed by atoms with van der Waals surface area (Å²) in [7, 11) is 1.34. The minimum Gasteiger partial charge on any atom is -0.465 e. The first-order valence-corrected chi connectivity index (χ1v) is 8.14. The second-order valence-electron chi connectivity index (χ2n) is 4.93. The van der Waals surface area contributed by atoms with Crippen molar-refractivity contribution in [1.29, 1.82) is 0 Å². The minimum atomic E-state index is -0.397. The van der Waals surface area contributed by atoms with E-state index in [0.29, 0.717) is 27.8 Å². The zero-order chi connectivity index (χ0) is 16.4. The van der Waals surface area contributed by atoms with Crippen molar-refractivity contribution in [2.75, 3.05) is 7.11 Å². The summed E-state index contributed by atoms with van der Waals surface area (Å²) in [5.41, 5.74) is 1.23. The van der Waals surface area contributed by atoms with Crippen LogP contribution in [0.15, 0.2) is 40.8 Å². The number of ether oxygens (including phenoxy) is 1. The van der Waals surface area contributed by atoms with Crippen LogP contribution in [-0.2, 0) is 16.0 Å². The molecule has 0 saturated carbocycles. The number of methoxy groups -OCH3 is 1. The van der Waals surface area contributed by atoms with E-state index in [9.17, 15) is 9.59 Å². The van der Waals surface area contributed by atoms with Crippen molar-refractivity contribution in [3.63, 3.8) is 0 Å². The second kappa shape index (κ2) is 6.55. The summed E-state index contributed by atoms with van der Waals surface area (Å²) < 4.78 is 11.0. The smallest absolute Gasteiger partial charge is 0.337 e. The van der Waals surface area contributed by atoms with Crippen LogP contribution in [0.3, 0.4) is 0 Å². The lowest BCUT2D eigenvalue weighted by Crippen LogP contribution is -2.25. The third-order valence-electron chi connectivity index (χ3n) is 3.38. The maximum absolute atomic E-state index is 11.7. The number of furan rings is 1. The van der Waals surface area contributed by atoms with Gasteiger partial charge in [0.15, 0.2) is 0 Å². The maximum atomic E-state index is 11.7. The van der Waals surface area contributed by atoms with Crippen LogP contribution >= 0.6 is 24.0 Å². The average molecular weight is 347 g/mol. The number of benzene rings is 1. The lowest BCUT2D eigenvalue weighted by atomic mass is 10.1. The number of carbonyl (C=O) groups is 2. The molecule has 0 aliphatic carbocycles. The predicted octanol–water partition coefficient (Wildman–Crippen LogP) is 2.79. The van der Waals surface area contributed by atoms with Gasteiger partial charge in [0.2, 0.25) is 5.91 Å². The van der Waals surface area contributed by atoms with Gasteiger partial charge in [0.1, 0.15) is 15.8 Å². The molecule has 1 fully saturated rings. The molecule has 0 bridgehead atoms. The van der Waals surface area contributed by atoms with Crippen molar-refractivity contribution in [2.45, 2.75) is 11.7 Å². The van der Waals surface area contributed by atoms with E-state index >= 15 is 0 Å². The Morgan fingerprint density at radius 3 is 2.91 bits per heavy atom. The van der Waals surface area contributed by atoms with Gasteiger partial charge in [0.25, 0.3) is 0 Å². The number of hydrogen-bond donors (Lipinski definition) is 1. The van der Waals surface area contributed by atoms with Crippen molar-refractivity contribution in [3.8, 4) is 11.3 Å². The highest BCUT2D eigenvalue weighted by Gasteiger charge is 2.30. The van der Waals surface area contributed by atoms with Gasteiger partial charge in [-0.15, -0.1) is 0 Å². The lowest BCUT2D eigenvalue weighted by molar-refractivity contribution is -0.118. The second-order valence-corrected chi connectivity index (χ2v) is 6.81. The van der Waals surface area contributed by atoms with Crippen molar-refractivity contribution in [3.05, 3.63) is 47.7 Å². The molecule has 1 unspecified atom stereocenters. The number of thioether (sulfide) groups is 1. The summed E-state index contributed by atoms with van der Waals surface area (Å²) in [5.74, 6) is 0.842. The van der Waals surface area contributed by atoms with Crippen molar-refractivity contribution >= 4 is 40.2 Å².